The Kier molecular flexibility index (Phi) is 12.9. The van der Waals surface area contributed by atoms with Crippen LogP contribution >= 0.6 is 15.9 Å². The number of nitrogens with one attached hydrogen (secondary N) is 1. The second kappa shape index (κ2) is 15.0. The van der Waals surface area contributed by atoms with Crippen LogP contribution in [0, 0.1) is 10.1 Å². The molecule has 0 radical (unpaired) electrons. The number of likely N-dealkylation sites (N-methyl/N-ethyl adjacent to an activating group) is 2. The van der Waals surface area contributed by atoms with Crippen molar-refractivity contribution in [3.8, 4) is 0 Å². The van der Waals surface area contributed by atoms with Gasteiger partial charge in [0.2, 0.25) is 5.91 Å². The predicted octanol–water partition coefficient (Wildman–Crippen LogP) is 3.83. The van der Waals surface area contributed by atoms with Gasteiger partial charge in [0.25, 0.3) is 5.69 Å². The Morgan fingerprint density at radius 1 is 1.17 bits per heavy atom. The van der Waals surface area contributed by atoms with Gasteiger partial charge in [-0.3, -0.25) is 19.8 Å². The summed E-state index contributed by atoms with van der Waals surface area (Å²) in [5.41, 5.74) is 2.75. The van der Waals surface area contributed by atoms with E-state index in [9.17, 15) is 19.7 Å². The summed E-state index contributed by atoms with van der Waals surface area (Å²) in [5, 5.41) is 18.8. The zero-order chi connectivity index (χ0) is 26.5. The number of nitrogens with zero attached hydrogens (tertiary/aromatic N) is 3. The van der Waals surface area contributed by atoms with Crippen molar-refractivity contribution in [2.24, 2.45) is 0 Å². The second-order valence-electron chi connectivity index (χ2n) is 7.82. The molecule has 0 spiro atoms. The number of aliphatic hydroxyl groups is 1. The van der Waals surface area contributed by atoms with Crippen LogP contribution in [0.4, 0.5) is 5.69 Å². The van der Waals surface area contributed by atoms with E-state index in [1.54, 1.807) is 44.4 Å². The topological polar surface area (TPSA) is 120 Å². The fraction of sp³-hybridized carbons (Fsp3) is 0.360. The van der Waals surface area contributed by atoms with E-state index in [1.807, 2.05) is 0 Å². The molecule has 0 saturated carbocycles. The Hall–Kier alpha value is -3.08. The average Bonchev–Trinajstić information content (AvgIpc) is 3.27. The van der Waals surface area contributed by atoms with E-state index < -0.39 is 11.0 Å². The van der Waals surface area contributed by atoms with E-state index in [-0.39, 0.29) is 18.1 Å². The van der Waals surface area contributed by atoms with Crippen LogP contribution < -0.4 is 0 Å². The first-order chi connectivity index (χ1) is 16.7. The van der Waals surface area contributed by atoms with Crippen molar-refractivity contribution < 1.29 is 19.6 Å². The lowest BCUT2D eigenvalue weighted by Crippen LogP contribution is -2.46. The second-order valence-corrected chi connectivity index (χ2v) is 8.74. The van der Waals surface area contributed by atoms with Gasteiger partial charge in [-0.2, -0.15) is 0 Å². The SMILES string of the molecule is CCc1ccc(Br)cc1.CN(CC=O)C(=O)C(Cc1c[nH]c2cccc([N+](=O)[O-])c12)N(C)C.CO. The van der Waals surface area contributed by atoms with Crippen LogP contribution in [0.5, 0.6) is 0 Å². The third kappa shape index (κ3) is 8.57. The number of non-ortho nitro benzene ring substituents is 1. The highest BCUT2D eigenvalue weighted by Gasteiger charge is 2.27. The molecule has 9 nitrogen and oxygen atoms in total. The van der Waals surface area contributed by atoms with E-state index in [4.69, 9.17) is 5.11 Å². The maximum Gasteiger partial charge on any atom is 0.279 e. The number of nitro benzene ring substituents is 1. The van der Waals surface area contributed by atoms with Crippen molar-refractivity contribution >= 4 is 44.7 Å². The van der Waals surface area contributed by atoms with Crippen LogP contribution in [-0.4, -0.2) is 77.8 Å². The number of aromatic nitrogens is 1. The summed E-state index contributed by atoms with van der Waals surface area (Å²) in [4.78, 5) is 40.1. The molecule has 0 aliphatic carbocycles. The molecule has 1 unspecified atom stereocenters. The molecule has 35 heavy (non-hydrogen) atoms. The number of aromatic amines is 1. The van der Waals surface area contributed by atoms with Crippen LogP contribution in [-0.2, 0) is 22.4 Å². The zero-order valence-corrected chi connectivity index (χ0v) is 22.3. The molecule has 1 heterocycles. The monoisotopic (exact) mass is 548 g/mol. The molecule has 0 aliphatic heterocycles. The maximum absolute atomic E-state index is 12.5. The number of nitro groups is 1. The Balaban J connectivity index is 0.000000464. The smallest absolute Gasteiger partial charge is 0.279 e. The number of rotatable bonds is 8. The average molecular weight is 549 g/mol. The number of H-pyrrole nitrogens is 1. The highest BCUT2D eigenvalue weighted by Crippen LogP contribution is 2.29. The standard InChI is InChI=1S/C16H20N4O4.C8H9Br.CH4O/c1-18(2)14(16(22)19(3)7-8-21)9-11-10-17-12-5-4-6-13(15(11)12)20(23)24;1-2-7-3-5-8(9)6-4-7;1-2/h4-6,8,10,14,17H,7,9H2,1-3H3;3-6H,2H2,1H3;2H,1H3. The van der Waals surface area contributed by atoms with Crippen LogP contribution in [0.15, 0.2) is 53.1 Å². The van der Waals surface area contributed by atoms with Crippen LogP contribution in [0.3, 0.4) is 0 Å². The Morgan fingerprint density at radius 3 is 2.31 bits per heavy atom. The number of aldehydes is 1. The number of amides is 1. The van der Waals surface area contributed by atoms with Crippen molar-refractivity contribution in [2.45, 2.75) is 25.8 Å². The van der Waals surface area contributed by atoms with Crippen molar-refractivity contribution in [3.63, 3.8) is 0 Å². The molecular formula is C25H33BrN4O5. The fourth-order valence-electron chi connectivity index (χ4n) is 3.42. The van der Waals surface area contributed by atoms with Gasteiger partial charge in [0.1, 0.15) is 6.29 Å². The zero-order valence-electron chi connectivity index (χ0n) is 20.7. The number of fused-ring (bicyclic) bond motifs is 1. The molecule has 2 N–H and O–H groups in total. The summed E-state index contributed by atoms with van der Waals surface area (Å²) >= 11 is 3.37. The summed E-state index contributed by atoms with van der Waals surface area (Å²) in [7, 11) is 6.09. The number of benzene rings is 2. The number of hydrogen-bond acceptors (Lipinski definition) is 6. The Bertz CT molecular complexity index is 1100. The van der Waals surface area contributed by atoms with E-state index >= 15 is 0 Å². The summed E-state index contributed by atoms with van der Waals surface area (Å²) in [6.45, 7) is 2.17. The minimum Gasteiger partial charge on any atom is -0.400 e. The summed E-state index contributed by atoms with van der Waals surface area (Å²) in [5.74, 6) is -0.208. The van der Waals surface area contributed by atoms with E-state index in [1.165, 1.54) is 16.5 Å². The molecule has 1 aromatic heterocycles. The number of hydrogen-bond donors (Lipinski definition) is 2. The molecular weight excluding hydrogens is 516 g/mol. The molecule has 0 fully saturated rings. The highest BCUT2D eigenvalue weighted by atomic mass is 79.9. The van der Waals surface area contributed by atoms with Crippen molar-refractivity contribution in [1.82, 2.24) is 14.8 Å². The van der Waals surface area contributed by atoms with Gasteiger partial charge in [0, 0.05) is 30.9 Å². The molecule has 1 atom stereocenters. The lowest BCUT2D eigenvalue weighted by Gasteiger charge is -2.27. The first-order valence-corrected chi connectivity index (χ1v) is 11.8. The summed E-state index contributed by atoms with van der Waals surface area (Å²) in [6.07, 6.45) is 3.79. The molecule has 3 rings (SSSR count). The molecule has 2 aromatic carbocycles. The number of halogens is 1. The van der Waals surface area contributed by atoms with Crippen molar-refractivity contribution in [3.05, 3.63) is 74.4 Å². The van der Waals surface area contributed by atoms with Gasteiger partial charge in [-0.15, -0.1) is 0 Å². The van der Waals surface area contributed by atoms with E-state index in [2.05, 4.69) is 52.1 Å². The quantitative estimate of drug-likeness (QED) is 0.251. The lowest BCUT2D eigenvalue weighted by atomic mass is 10.0. The van der Waals surface area contributed by atoms with Gasteiger partial charge in [0.05, 0.1) is 28.4 Å². The fourth-order valence-corrected chi connectivity index (χ4v) is 3.69. The minimum absolute atomic E-state index is 0.00921. The van der Waals surface area contributed by atoms with Crippen molar-refractivity contribution in [2.75, 3.05) is 34.8 Å². The van der Waals surface area contributed by atoms with Crippen LogP contribution in [0.2, 0.25) is 0 Å². The summed E-state index contributed by atoms with van der Waals surface area (Å²) in [6, 6.07) is 12.7. The molecule has 0 saturated heterocycles. The number of carbonyl (C=O) groups excluding carboxylic acids is 2. The molecule has 190 valence electrons. The Labute approximate surface area is 214 Å². The molecule has 1 amide bonds. The maximum atomic E-state index is 12.5. The normalized spacial score (nSPS) is 11.1. The van der Waals surface area contributed by atoms with Gasteiger partial charge in [-0.1, -0.05) is 41.1 Å². The lowest BCUT2D eigenvalue weighted by molar-refractivity contribution is -0.383. The first kappa shape index (κ1) is 30.0. The minimum atomic E-state index is -0.520. The molecule has 10 heteroatoms. The largest absolute Gasteiger partial charge is 0.400 e. The highest BCUT2D eigenvalue weighted by molar-refractivity contribution is 9.10. The van der Waals surface area contributed by atoms with E-state index in [0.717, 1.165) is 18.0 Å². The number of carbonyl (C=O) groups is 2. The molecule has 3 aromatic rings. The summed E-state index contributed by atoms with van der Waals surface area (Å²) < 4.78 is 1.15. The predicted molar refractivity (Wildman–Crippen MR) is 141 cm³/mol. The number of aryl methyl sites for hydroxylation is 1. The van der Waals surface area contributed by atoms with Crippen LogP contribution in [0.25, 0.3) is 10.9 Å². The van der Waals surface area contributed by atoms with Gasteiger partial charge in [-0.05, 0) is 56.3 Å². The molecule has 0 aliphatic rings. The van der Waals surface area contributed by atoms with Gasteiger partial charge >= 0.3 is 0 Å². The first-order valence-electron chi connectivity index (χ1n) is 11.0. The van der Waals surface area contributed by atoms with Gasteiger partial charge in [-0.25, -0.2) is 0 Å². The van der Waals surface area contributed by atoms with Gasteiger partial charge in [0.15, 0.2) is 0 Å². The molecule has 0 bridgehead atoms. The van der Waals surface area contributed by atoms with Gasteiger partial charge < -0.3 is 19.8 Å². The number of aliphatic hydroxyl groups excluding tert-OH is 1. The van der Waals surface area contributed by atoms with Crippen molar-refractivity contribution in [1.29, 1.82) is 0 Å². The Morgan fingerprint density at radius 2 is 1.80 bits per heavy atom. The third-order valence-corrected chi connectivity index (χ3v) is 5.86. The third-order valence-electron chi connectivity index (χ3n) is 5.33. The van der Waals surface area contributed by atoms with Crippen LogP contribution in [0.1, 0.15) is 18.1 Å². The van der Waals surface area contributed by atoms with E-state index in [0.29, 0.717) is 29.2 Å².